The average Bonchev–Trinajstić information content (AvgIpc) is 3.00. The number of nitrogens with zero attached hydrogens (tertiary/aromatic N) is 1. The molecule has 0 radical (unpaired) electrons. The number of carbonyl (C=O) groups is 3. The van der Waals surface area contributed by atoms with Crippen molar-refractivity contribution in [3.63, 3.8) is 0 Å². The molecule has 9 heteroatoms. The molecule has 1 heterocycles. The Morgan fingerprint density at radius 1 is 1.23 bits per heavy atom. The number of thioether (sulfide) groups is 1. The van der Waals surface area contributed by atoms with Crippen LogP contribution in [0.4, 0.5) is 9.18 Å². The largest absolute Gasteiger partial charge is 0.488 e. The molecule has 6 nitrogen and oxygen atoms in total. The maximum absolute atomic E-state index is 13.1. The van der Waals surface area contributed by atoms with Gasteiger partial charge >= 0.3 is 5.97 Å². The van der Waals surface area contributed by atoms with E-state index in [1.807, 2.05) is 0 Å². The van der Waals surface area contributed by atoms with Gasteiger partial charge in [-0.2, -0.15) is 0 Å². The fourth-order valence-electron chi connectivity index (χ4n) is 2.74. The molecule has 1 aliphatic rings. The first kappa shape index (κ1) is 22.0. The molecule has 0 aliphatic carbocycles. The Balaban J connectivity index is 1.85. The zero-order valence-electron chi connectivity index (χ0n) is 16.1. The first-order valence-corrected chi connectivity index (χ1v) is 10.4. The summed E-state index contributed by atoms with van der Waals surface area (Å²) in [5, 5.41) is -0.548. The highest BCUT2D eigenvalue weighted by atomic mass is 79.9. The number of esters is 1. The van der Waals surface area contributed by atoms with E-state index in [2.05, 4.69) is 20.7 Å². The topological polar surface area (TPSA) is 72.9 Å². The Hall–Kier alpha value is -2.65. The number of amides is 2. The molecule has 156 valence electrons. The summed E-state index contributed by atoms with van der Waals surface area (Å²) in [6.45, 7) is 1.63. The number of benzene rings is 2. The summed E-state index contributed by atoms with van der Waals surface area (Å²) in [5.74, 6) is -1.10. The van der Waals surface area contributed by atoms with Crippen LogP contribution >= 0.6 is 27.7 Å². The fourth-order valence-corrected chi connectivity index (χ4v) is 4.01. The SMILES string of the molecule is COC(=O)[C@H](C)N1C(=O)S/C(=C/c2cc(Br)ccc2OCc2ccc(F)cc2)C1=O. The minimum atomic E-state index is -1.02. The fraction of sp³-hybridized carbons (Fsp3) is 0.190. The second-order valence-electron chi connectivity index (χ2n) is 6.35. The Kier molecular flexibility index (Phi) is 6.94. The molecule has 0 unspecified atom stereocenters. The van der Waals surface area contributed by atoms with Crippen molar-refractivity contribution >= 4 is 50.9 Å². The van der Waals surface area contributed by atoms with Gasteiger partial charge in [-0.25, -0.2) is 9.18 Å². The van der Waals surface area contributed by atoms with E-state index in [-0.39, 0.29) is 17.3 Å². The van der Waals surface area contributed by atoms with Crippen molar-refractivity contribution in [2.24, 2.45) is 0 Å². The van der Waals surface area contributed by atoms with Gasteiger partial charge in [0, 0.05) is 10.0 Å². The Bertz CT molecular complexity index is 1020. The molecular formula is C21H17BrFNO5S. The average molecular weight is 494 g/mol. The highest BCUT2D eigenvalue weighted by Crippen LogP contribution is 2.36. The van der Waals surface area contributed by atoms with Crippen molar-refractivity contribution in [3.05, 3.63) is 68.8 Å². The van der Waals surface area contributed by atoms with Gasteiger partial charge in [0.1, 0.15) is 24.2 Å². The summed E-state index contributed by atoms with van der Waals surface area (Å²) in [6.07, 6.45) is 1.54. The Morgan fingerprint density at radius 2 is 1.93 bits per heavy atom. The number of imide groups is 1. The minimum Gasteiger partial charge on any atom is -0.488 e. The lowest BCUT2D eigenvalue weighted by Gasteiger charge is -2.18. The molecule has 1 saturated heterocycles. The zero-order chi connectivity index (χ0) is 21.8. The zero-order valence-corrected chi connectivity index (χ0v) is 18.5. The third-order valence-electron chi connectivity index (χ3n) is 4.32. The van der Waals surface area contributed by atoms with Crippen LogP contribution in [-0.2, 0) is 20.9 Å². The van der Waals surface area contributed by atoms with Gasteiger partial charge in [-0.05, 0) is 60.7 Å². The summed E-state index contributed by atoms with van der Waals surface area (Å²) < 4.78 is 24.3. The highest BCUT2D eigenvalue weighted by molar-refractivity contribution is 9.10. The smallest absolute Gasteiger partial charge is 0.328 e. The molecule has 0 N–H and O–H groups in total. The number of hydrogen-bond donors (Lipinski definition) is 0. The van der Waals surface area contributed by atoms with Crippen LogP contribution in [-0.4, -0.2) is 35.2 Å². The van der Waals surface area contributed by atoms with E-state index in [1.54, 1.807) is 36.4 Å². The molecule has 30 heavy (non-hydrogen) atoms. The molecule has 3 rings (SSSR count). The predicted octanol–water partition coefficient (Wildman–Crippen LogP) is 4.77. The van der Waals surface area contributed by atoms with E-state index < -0.39 is 23.2 Å². The lowest BCUT2D eigenvalue weighted by molar-refractivity contribution is -0.148. The predicted molar refractivity (Wildman–Crippen MR) is 114 cm³/mol. The normalized spacial score (nSPS) is 16.1. The van der Waals surface area contributed by atoms with Gasteiger partial charge in [-0.1, -0.05) is 28.1 Å². The summed E-state index contributed by atoms with van der Waals surface area (Å²) in [5.41, 5.74) is 1.35. The van der Waals surface area contributed by atoms with Gasteiger partial charge in [0.15, 0.2) is 0 Å². The van der Waals surface area contributed by atoms with Crippen molar-refractivity contribution < 1.29 is 28.2 Å². The van der Waals surface area contributed by atoms with Crippen LogP contribution in [0.25, 0.3) is 6.08 Å². The van der Waals surface area contributed by atoms with Crippen LogP contribution in [0.3, 0.4) is 0 Å². The second-order valence-corrected chi connectivity index (χ2v) is 8.26. The molecule has 0 aromatic heterocycles. The van der Waals surface area contributed by atoms with Crippen LogP contribution < -0.4 is 4.74 Å². The van der Waals surface area contributed by atoms with Crippen molar-refractivity contribution in [1.29, 1.82) is 0 Å². The number of ether oxygens (including phenoxy) is 2. The van der Waals surface area contributed by atoms with Crippen molar-refractivity contribution in [3.8, 4) is 5.75 Å². The van der Waals surface area contributed by atoms with E-state index in [1.165, 1.54) is 26.2 Å². The lowest BCUT2D eigenvalue weighted by atomic mass is 10.1. The first-order chi connectivity index (χ1) is 14.3. The maximum atomic E-state index is 13.1. The van der Waals surface area contributed by atoms with Gasteiger partial charge in [-0.3, -0.25) is 14.5 Å². The molecule has 1 aliphatic heterocycles. The molecule has 1 fully saturated rings. The minimum absolute atomic E-state index is 0.167. The quantitative estimate of drug-likeness (QED) is 0.426. The Labute approximate surface area is 185 Å². The molecular weight excluding hydrogens is 477 g/mol. The summed E-state index contributed by atoms with van der Waals surface area (Å²) in [6, 6.07) is 10.2. The summed E-state index contributed by atoms with van der Waals surface area (Å²) in [4.78, 5) is 37.8. The number of rotatable bonds is 6. The monoisotopic (exact) mass is 493 g/mol. The van der Waals surface area contributed by atoms with Gasteiger partial charge in [-0.15, -0.1) is 0 Å². The van der Waals surface area contributed by atoms with Gasteiger partial charge < -0.3 is 9.47 Å². The van der Waals surface area contributed by atoms with Crippen molar-refractivity contribution in [2.45, 2.75) is 19.6 Å². The maximum Gasteiger partial charge on any atom is 0.328 e. The van der Waals surface area contributed by atoms with E-state index in [9.17, 15) is 18.8 Å². The molecule has 0 saturated carbocycles. The standard InChI is InChI=1S/C21H17BrFNO5S/c1-12(20(26)28-2)24-19(25)18(30-21(24)27)10-14-9-15(22)5-8-17(14)29-11-13-3-6-16(23)7-4-13/h3-10,12H,11H2,1-2H3/b18-10+/t12-/m0/s1. The van der Waals surface area contributed by atoms with E-state index >= 15 is 0 Å². The Morgan fingerprint density at radius 3 is 2.60 bits per heavy atom. The molecule has 0 spiro atoms. The van der Waals surface area contributed by atoms with Crippen LogP contribution in [0.5, 0.6) is 5.75 Å². The number of carbonyl (C=O) groups excluding carboxylic acids is 3. The van der Waals surface area contributed by atoms with Crippen LogP contribution in [0.2, 0.25) is 0 Å². The van der Waals surface area contributed by atoms with E-state index in [0.717, 1.165) is 26.7 Å². The highest BCUT2D eigenvalue weighted by Gasteiger charge is 2.41. The van der Waals surface area contributed by atoms with Crippen molar-refractivity contribution in [1.82, 2.24) is 4.90 Å². The van der Waals surface area contributed by atoms with Gasteiger partial charge in [0.2, 0.25) is 0 Å². The molecule has 2 aromatic carbocycles. The number of hydrogen-bond acceptors (Lipinski definition) is 6. The third kappa shape index (κ3) is 4.91. The third-order valence-corrected chi connectivity index (χ3v) is 5.70. The molecule has 0 bridgehead atoms. The van der Waals surface area contributed by atoms with Gasteiger partial charge in [0.05, 0.1) is 12.0 Å². The number of methoxy groups -OCH3 is 1. The first-order valence-electron chi connectivity index (χ1n) is 8.82. The summed E-state index contributed by atoms with van der Waals surface area (Å²) in [7, 11) is 1.19. The molecule has 1 atom stereocenters. The number of halogens is 2. The van der Waals surface area contributed by atoms with Crippen LogP contribution in [0.15, 0.2) is 51.8 Å². The lowest BCUT2D eigenvalue weighted by Crippen LogP contribution is -2.42. The second kappa shape index (κ2) is 9.44. The summed E-state index contributed by atoms with van der Waals surface area (Å²) >= 11 is 4.13. The van der Waals surface area contributed by atoms with Crippen molar-refractivity contribution in [2.75, 3.05) is 7.11 Å². The van der Waals surface area contributed by atoms with Gasteiger partial charge in [0.25, 0.3) is 11.1 Å². The van der Waals surface area contributed by atoms with Crippen LogP contribution in [0.1, 0.15) is 18.1 Å². The molecule has 2 aromatic rings. The molecule has 2 amide bonds. The van der Waals surface area contributed by atoms with E-state index in [0.29, 0.717) is 11.3 Å². The van der Waals surface area contributed by atoms with Crippen LogP contribution in [0, 0.1) is 5.82 Å². The van der Waals surface area contributed by atoms with E-state index in [4.69, 9.17) is 4.74 Å².